The molecule has 0 aromatic carbocycles. The fourth-order valence-electron chi connectivity index (χ4n) is 2.00. The minimum Gasteiger partial charge on any atom is -0.489 e. The van der Waals surface area contributed by atoms with Crippen LogP contribution in [0.15, 0.2) is 18.3 Å². The van der Waals surface area contributed by atoms with Crippen molar-refractivity contribution in [2.75, 3.05) is 0 Å². The van der Waals surface area contributed by atoms with Crippen molar-refractivity contribution in [1.82, 2.24) is 4.98 Å². The standard InChI is InChI=1S/C13H19NO/c1-10(2)13-8-7-12(9-14-13)15-11-5-3-4-6-11/h7-11H,3-6H2,1-2H3. The van der Waals surface area contributed by atoms with E-state index in [-0.39, 0.29) is 0 Å². The summed E-state index contributed by atoms with van der Waals surface area (Å²) in [5, 5.41) is 0. The normalized spacial score (nSPS) is 17.3. The Balaban J connectivity index is 1.97. The van der Waals surface area contributed by atoms with Gasteiger partial charge in [-0.15, -0.1) is 0 Å². The Morgan fingerprint density at radius 3 is 2.53 bits per heavy atom. The molecule has 1 saturated carbocycles. The summed E-state index contributed by atoms with van der Waals surface area (Å²) in [6.45, 7) is 4.31. The molecule has 0 aliphatic heterocycles. The van der Waals surface area contributed by atoms with Gasteiger partial charge >= 0.3 is 0 Å². The highest BCUT2D eigenvalue weighted by Gasteiger charge is 2.16. The van der Waals surface area contributed by atoms with Gasteiger partial charge in [0.2, 0.25) is 0 Å². The summed E-state index contributed by atoms with van der Waals surface area (Å²) in [6.07, 6.45) is 7.30. The fourth-order valence-corrected chi connectivity index (χ4v) is 2.00. The molecule has 2 nitrogen and oxygen atoms in total. The van der Waals surface area contributed by atoms with E-state index in [1.54, 1.807) is 0 Å². The molecule has 0 amide bonds. The highest BCUT2D eigenvalue weighted by molar-refractivity contribution is 5.21. The van der Waals surface area contributed by atoms with Crippen molar-refractivity contribution < 1.29 is 4.74 Å². The molecule has 15 heavy (non-hydrogen) atoms. The summed E-state index contributed by atoms with van der Waals surface area (Å²) in [5.74, 6) is 1.41. The van der Waals surface area contributed by atoms with Gasteiger partial charge in [-0.05, 0) is 43.7 Å². The number of rotatable bonds is 3. The second kappa shape index (κ2) is 4.65. The molecule has 1 aliphatic rings. The van der Waals surface area contributed by atoms with Crippen LogP contribution >= 0.6 is 0 Å². The average molecular weight is 205 g/mol. The van der Waals surface area contributed by atoms with E-state index >= 15 is 0 Å². The number of hydrogen-bond donors (Lipinski definition) is 0. The quantitative estimate of drug-likeness (QED) is 0.753. The van der Waals surface area contributed by atoms with Gasteiger partial charge < -0.3 is 4.74 Å². The SMILES string of the molecule is CC(C)c1ccc(OC2CCCC2)cn1. The molecule has 0 atom stereocenters. The first-order valence-corrected chi connectivity index (χ1v) is 5.88. The second-order valence-electron chi connectivity index (χ2n) is 4.60. The average Bonchev–Trinajstić information content (AvgIpc) is 2.71. The Bertz CT molecular complexity index is 299. The summed E-state index contributed by atoms with van der Waals surface area (Å²) in [4.78, 5) is 4.40. The lowest BCUT2D eigenvalue weighted by Gasteiger charge is -2.13. The summed E-state index contributed by atoms with van der Waals surface area (Å²) < 4.78 is 5.85. The third-order valence-electron chi connectivity index (χ3n) is 2.96. The van der Waals surface area contributed by atoms with Crippen molar-refractivity contribution in [3.63, 3.8) is 0 Å². The van der Waals surface area contributed by atoms with E-state index in [9.17, 15) is 0 Å². The molecule has 1 aromatic heterocycles. The van der Waals surface area contributed by atoms with Crippen LogP contribution in [0.25, 0.3) is 0 Å². The van der Waals surface area contributed by atoms with Gasteiger partial charge in [0.05, 0.1) is 12.3 Å². The van der Waals surface area contributed by atoms with E-state index in [2.05, 4.69) is 24.9 Å². The first-order valence-electron chi connectivity index (χ1n) is 5.88. The zero-order chi connectivity index (χ0) is 10.7. The second-order valence-corrected chi connectivity index (χ2v) is 4.60. The van der Waals surface area contributed by atoms with Gasteiger partial charge in [-0.3, -0.25) is 4.98 Å². The third kappa shape index (κ3) is 2.71. The zero-order valence-electron chi connectivity index (χ0n) is 9.57. The van der Waals surface area contributed by atoms with Crippen LogP contribution in [0.3, 0.4) is 0 Å². The maximum Gasteiger partial charge on any atom is 0.138 e. The lowest BCUT2D eigenvalue weighted by atomic mass is 10.1. The molecule has 0 spiro atoms. The first-order chi connectivity index (χ1) is 7.25. The summed E-state index contributed by atoms with van der Waals surface area (Å²) in [5.41, 5.74) is 1.13. The Labute approximate surface area is 91.7 Å². The van der Waals surface area contributed by atoms with Crippen molar-refractivity contribution in [2.24, 2.45) is 0 Å². The highest BCUT2D eigenvalue weighted by atomic mass is 16.5. The van der Waals surface area contributed by atoms with Gasteiger partial charge in [-0.1, -0.05) is 13.8 Å². The molecule has 1 fully saturated rings. The van der Waals surface area contributed by atoms with Crippen LogP contribution in [0.1, 0.15) is 51.1 Å². The van der Waals surface area contributed by atoms with Crippen LogP contribution in [0, 0.1) is 0 Å². The van der Waals surface area contributed by atoms with E-state index in [1.807, 2.05) is 12.3 Å². The van der Waals surface area contributed by atoms with Gasteiger partial charge in [0.1, 0.15) is 5.75 Å². The van der Waals surface area contributed by atoms with Gasteiger partial charge in [-0.2, -0.15) is 0 Å². The number of hydrogen-bond acceptors (Lipinski definition) is 2. The fraction of sp³-hybridized carbons (Fsp3) is 0.615. The number of nitrogens with zero attached hydrogens (tertiary/aromatic N) is 1. The molecule has 0 saturated heterocycles. The van der Waals surface area contributed by atoms with E-state index in [0.717, 1.165) is 11.4 Å². The van der Waals surface area contributed by atoms with Crippen LogP contribution < -0.4 is 4.74 Å². The maximum absolute atomic E-state index is 5.85. The monoisotopic (exact) mass is 205 g/mol. The lowest BCUT2D eigenvalue weighted by Crippen LogP contribution is -2.11. The molecule has 0 unspecified atom stereocenters. The maximum atomic E-state index is 5.85. The number of ether oxygens (including phenoxy) is 1. The lowest BCUT2D eigenvalue weighted by molar-refractivity contribution is 0.209. The van der Waals surface area contributed by atoms with Gasteiger partial charge in [0.25, 0.3) is 0 Å². The van der Waals surface area contributed by atoms with Crippen molar-refractivity contribution >= 4 is 0 Å². The first kappa shape index (κ1) is 10.5. The molecule has 0 radical (unpaired) electrons. The Hall–Kier alpha value is -1.05. The van der Waals surface area contributed by atoms with Crippen molar-refractivity contribution in [3.8, 4) is 5.75 Å². The molecule has 2 rings (SSSR count). The van der Waals surface area contributed by atoms with Gasteiger partial charge in [-0.25, -0.2) is 0 Å². The number of pyridine rings is 1. The predicted octanol–water partition coefficient (Wildman–Crippen LogP) is 3.53. The van der Waals surface area contributed by atoms with Crippen LogP contribution in [-0.4, -0.2) is 11.1 Å². The van der Waals surface area contributed by atoms with Crippen LogP contribution in [0.2, 0.25) is 0 Å². The Morgan fingerprint density at radius 2 is 2.00 bits per heavy atom. The third-order valence-corrected chi connectivity index (χ3v) is 2.96. The summed E-state index contributed by atoms with van der Waals surface area (Å²) in [7, 11) is 0. The molecule has 0 bridgehead atoms. The van der Waals surface area contributed by atoms with Crippen LogP contribution in [0.5, 0.6) is 5.75 Å². The Morgan fingerprint density at radius 1 is 1.27 bits per heavy atom. The molecule has 1 aliphatic carbocycles. The van der Waals surface area contributed by atoms with Gasteiger partial charge in [0.15, 0.2) is 0 Å². The summed E-state index contributed by atoms with van der Waals surface area (Å²) in [6, 6.07) is 4.11. The molecule has 2 heteroatoms. The van der Waals surface area contributed by atoms with E-state index in [1.165, 1.54) is 25.7 Å². The summed E-state index contributed by atoms with van der Waals surface area (Å²) >= 11 is 0. The molecule has 0 N–H and O–H groups in total. The van der Waals surface area contributed by atoms with Crippen molar-refractivity contribution in [3.05, 3.63) is 24.0 Å². The van der Waals surface area contributed by atoms with E-state index < -0.39 is 0 Å². The van der Waals surface area contributed by atoms with Crippen molar-refractivity contribution in [2.45, 2.75) is 51.6 Å². The molecule has 82 valence electrons. The zero-order valence-corrected chi connectivity index (χ0v) is 9.57. The minimum absolute atomic E-state index is 0.427. The number of aromatic nitrogens is 1. The van der Waals surface area contributed by atoms with Crippen LogP contribution in [-0.2, 0) is 0 Å². The van der Waals surface area contributed by atoms with Crippen LogP contribution in [0.4, 0.5) is 0 Å². The Kier molecular flexibility index (Phi) is 3.24. The molecule has 1 aromatic rings. The smallest absolute Gasteiger partial charge is 0.138 e. The minimum atomic E-state index is 0.427. The highest BCUT2D eigenvalue weighted by Crippen LogP contribution is 2.24. The van der Waals surface area contributed by atoms with Crippen molar-refractivity contribution in [1.29, 1.82) is 0 Å². The van der Waals surface area contributed by atoms with E-state index in [4.69, 9.17) is 4.74 Å². The molecular formula is C13H19NO. The largest absolute Gasteiger partial charge is 0.489 e. The van der Waals surface area contributed by atoms with E-state index in [0.29, 0.717) is 12.0 Å². The molecular weight excluding hydrogens is 186 g/mol. The topological polar surface area (TPSA) is 22.1 Å². The molecule has 1 heterocycles. The predicted molar refractivity (Wildman–Crippen MR) is 61.2 cm³/mol. The van der Waals surface area contributed by atoms with Gasteiger partial charge in [0, 0.05) is 5.69 Å².